The lowest BCUT2D eigenvalue weighted by molar-refractivity contribution is 0.0562. The van der Waals surface area contributed by atoms with Gasteiger partial charge < -0.3 is 4.74 Å². The van der Waals surface area contributed by atoms with Gasteiger partial charge in [-0.05, 0) is 35.7 Å². The van der Waals surface area contributed by atoms with Crippen LogP contribution >= 0.6 is 22.7 Å². The molecule has 0 aliphatic heterocycles. The van der Waals surface area contributed by atoms with E-state index in [1.54, 1.807) is 23.6 Å². The molecule has 0 radical (unpaired) electrons. The van der Waals surface area contributed by atoms with Crippen LogP contribution in [0.15, 0.2) is 54.0 Å². The van der Waals surface area contributed by atoms with Crippen molar-refractivity contribution in [2.45, 2.75) is 0 Å². The van der Waals surface area contributed by atoms with E-state index in [2.05, 4.69) is 16.8 Å². The van der Waals surface area contributed by atoms with Gasteiger partial charge in [-0.15, -0.1) is 22.7 Å². The molecule has 3 heterocycles. The normalized spacial score (nSPS) is 9.82. The Morgan fingerprint density at radius 3 is 2.91 bits per heavy atom. The smallest absolute Gasteiger partial charge is 0.349 e. The van der Waals surface area contributed by atoms with Gasteiger partial charge in [-0.1, -0.05) is 24.0 Å². The molecule has 0 atom stereocenters. The molecular weight excluding hydrogens is 314 g/mol. The number of nitrogens with zero attached hydrogens (tertiary/aromatic N) is 1. The largest absolute Gasteiger partial charge is 0.448 e. The molecule has 0 bridgehead atoms. The van der Waals surface area contributed by atoms with E-state index in [4.69, 9.17) is 4.74 Å². The summed E-state index contributed by atoms with van der Waals surface area (Å²) < 4.78 is 5.09. The van der Waals surface area contributed by atoms with Crippen LogP contribution in [0.4, 0.5) is 0 Å². The third-order valence-electron chi connectivity index (χ3n) is 2.73. The molecule has 0 N–H and O–H groups in total. The van der Waals surface area contributed by atoms with Crippen molar-refractivity contribution in [3.05, 3.63) is 63.8 Å². The van der Waals surface area contributed by atoms with Gasteiger partial charge in [0.05, 0.1) is 15.4 Å². The van der Waals surface area contributed by atoms with Gasteiger partial charge in [0.1, 0.15) is 4.88 Å². The highest BCUT2D eigenvalue weighted by molar-refractivity contribution is 7.16. The first kappa shape index (κ1) is 14.5. The summed E-state index contributed by atoms with van der Waals surface area (Å²) >= 11 is 2.93. The van der Waals surface area contributed by atoms with E-state index >= 15 is 0 Å². The zero-order valence-corrected chi connectivity index (χ0v) is 13.1. The second-order valence-corrected chi connectivity index (χ2v) is 6.27. The Kier molecular flexibility index (Phi) is 4.64. The molecule has 0 spiro atoms. The molecule has 0 aliphatic carbocycles. The minimum Gasteiger partial charge on any atom is -0.448 e. The summed E-state index contributed by atoms with van der Waals surface area (Å²) in [4.78, 5) is 18.5. The van der Waals surface area contributed by atoms with Crippen molar-refractivity contribution >= 4 is 28.6 Å². The van der Waals surface area contributed by atoms with Gasteiger partial charge in [0.25, 0.3) is 0 Å². The average molecular weight is 325 g/mol. The minimum atomic E-state index is -0.329. The molecule has 3 aromatic heterocycles. The van der Waals surface area contributed by atoms with Crippen LogP contribution in [-0.4, -0.2) is 17.6 Å². The number of carbonyl (C=O) groups excluding carboxylic acids is 1. The van der Waals surface area contributed by atoms with Crippen LogP contribution in [0.2, 0.25) is 0 Å². The Balaban J connectivity index is 1.58. The number of ether oxygens (including phenoxy) is 1. The molecule has 3 nitrogen and oxygen atoms in total. The summed E-state index contributed by atoms with van der Waals surface area (Å²) in [6, 6.07) is 13.3. The standard InChI is InChI=1S/C17H11NO2S2/c19-17(16-7-4-12-21-16)20-11-3-5-13-8-9-15(22-13)14-6-1-2-10-18-14/h1-2,4,6-10,12H,11H2. The first-order valence-corrected chi connectivity index (χ1v) is 8.23. The van der Waals surface area contributed by atoms with Crippen molar-refractivity contribution in [2.24, 2.45) is 0 Å². The highest BCUT2D eigenvalue weighted by Gasteiger charge is 2.06. The molecule has 3 aromatic rings. The fourth-order valence-electron chi connectivity index (χ4n) is 1.74. The third kappa shape index (κ3) is 3.61. The van der Waals surface area contributed by atoms with E-state index in [9.17, 15) is 4.79 Å². The maximum Gasteiger partial charge on any atom is 0.349 e. The van der Waals surface area contributed by atoms with Gasteiger partial charge in [-0.25, -0.2) is 4.79 Å². The van der Waals surface area contributed by atoms with E-state index < -0.39 is 0 Å². The van der Waals surface area contributed by atoms with E-state index in [0.717, 1.165) is 15.4 Å². The molecule has 0 saturated carbocycles. The molecule has 5 heteroatoms. The third-order valence-corrected chi connectivity index (χ3v) is 4.61. The lowest BCUT2D eigenvalue weighted by atomic mass is 10.3. The number of carbonyl (C=O) groups is 1. The molecule has 0 aromatic carbocycles. The Hall–Kier alpha value is -2.42. The van der Waals surface area contributed by atoms with Crippen molar-refractivity contribution in [3.8, 4) is 22.4 Å². The fourth-order valence-corrected chi connectivity index (χ4v) is 3.22. The summed E-state index contributed by atoms with van der Waals surface area (Å²) in [5.41, 5.74) is 0.935. The Bertz CT molecular complexity index is 811. The molecule has 3 rings (SSSR count). The Labute approximate surface area is 136 Å². The summed E-state index contributed by atoms with van der Waals surface area (Å²) in [6.07, 6.45) is 1.77. The SMILES string of the molecule is O=C(OCC#Cc1ccc(-c2ccccn2)s1)c1cccs1. The van der Waals surface area contributed by atoms with Crippen LogP contribution in [0.1, 0.15) is 14.5 Å². The number of esters is 1. The first-order chi connectivity index (χ1) is 10.8. The van der Waals surface area contributed by atoms with Crippen molar-refractivity contribution < 1.29 is 9.53 Å². The molecule has 0 saturated heterocycles. The number of thiophene rings is 2. The topological polar surface area (TPSA) is 39.2 Å². The van der Waals surface area contributed by atoms with Crippen LogP contribution in [0, 0.1) is 11.8 Å². The molecule has 0 fully saturated rings. The minimum absolute atomic E-state index is 0.0908. The van der Waals surface area contributed by atoms with E-state index in [0.29, 0.717) is 4.88 Å². The van der Waals surface area contributed by atoms with Crippen LogP contribution in [0.3, 0.4) is 0 Å². The lowest BCUT2D eigenvalue weighted by Crippen LogP contribution is -2.02. The second-order valence-electron chi connectivity index (χ2n) is 4.23. The number of rotatable bonds is 3. The number of pyridine rings is 1. The average Bonchev–Trinajstić information content (AvgIpc) is 3.24. The van der Waals surface area contributed by atoms with Crippen molar-refractivity contribution in [1.82, 2.24) is 4.98 Å². The molecule has 0 aliphatic rings. The molecule has 108 valence electrons. The predicted octanol–water partition coefficient (Wildman–Crippen LogP) is 4.08. The van der Waals surface area contributed by atoms with E-state index in [-0.39, 0.29) is 12.6 Å². The maximum absolute atomic E-state index is 11.6. The van der Waals surface area contributed by atoms with Crippen LogP contribution in [0.5, 0.6) is 0 Å². The van der Waals surface area contributed by atoms with Crippen molar-refractivity contribution in [1.29, 1.82) is 0 Å². The van der Waals surface area contributed by atoms with Crippen LogP contribution < -0.4 is 0 Å². The summed E-state index contributed by atoms with van der Waals surface area (Å²) in [5.74, 6) is 5.53. The van der Waals surface area contributed by atoms with E-state index in [1.165, 1.54) is 11.3 Å². The van der Waals surface area contributed by atoms with Gasteiger partial charge in [0.2, 0.25) is 0 Å². The highest BCUT2D eigenvalue weighted by Crippen LogP contribution is 2.25. The first-order valence-electron chi connectivity index (χ1n) is 6.54. The van der Waals surface area contributed by atoms with Crippen LogP contribution in [0.25, 0.3) is 10.6 Å². The predicted molar refractivity (Wildman–Crippen MR) is 89.0 cm³/mol. The van der Waals surface area contributed by atoms with Crippen molar-refractivity contribution in [2.75, 3.05) is 6.61 Å². The molecular formula is C17H11NO2S2. The Morgan fingerprint density at radius 2 is 2.14 bits per heavy atom. The van der Waals surface area contributed by atoms with E-state index in [1.807, 2.05) is 41.8 Å². The highest BCUT2D eigenvalue weighted by atomic mass is 32.1. The van der Waals surface area contributed by atoms with Gasteiger partial charge in [-0.2, -0.15) is 0 Å². The number of hydrogen-bond donors (Lipinski definition) is 0. The molecule has 22 heavy (non-hydrogen) atoms. The lowest BCUT2D eigenvalue weighted by Gasteiger charge is -1.95. The Morgan fingerprint density at radius 1 is 1.18 bits per heavy atom. The molecule has 0 unspecified atom stereocenters. The summed E-state index contributed by atoms with van der Waals surface area (Å²) in [7, 11) is 0. The van der Waals surface area contributed by atoms with Gasteiger partial charge in [0.15, 0.2) is 6.61 Å². The fraction of sp³-hybridized carbons (Fsp3) is 0.0588. The van der Waals surface area contributed by atoms with Gasteiger partial charge in [0, 0.05) is 6.20 Å². The molecule has 0 amide bonds. The number of aromatic nitrogens is 1. The quantitative estimate of drug-likeness (QED) is 0.538. The second kappa shape index (κ2) is 7.03. The zero-order valence-electron chi connectivity index (χ0n) is 11.5. The monoisotopic (exact) mass is 325 g/mol. The summed E-state index contributed by atoms with van der Waals surface area (Å²) in [6.45, 7) is 0.0908. The van der Waals surface area contributed by atoms with Gasteiger partial charge in [-0.3, -0.25) is 4.98 Å². The zero-order chi connectivity index (χ0) is 15.2. The van der Waals surface area contributed by atoms with Crippen LogP contribution in [-0.2, 0) is 4.74 Å². The summed E-state index contributed by atoms with van der Waals surface area (Å²) in [5, 5.41) is 1.84. The van der Waals surface area contributed by atoms with Crippen molar-refractivity contribution in [3.63, 3.8) is 0 Å². The van der Waals surface area contributed by atoms with Gasteiger partial charge >= 0.3 is 5.97 Å². The maximum atomic E-state index is 11.6. The number of hydrogen-bond acceptors (Lipinski definition) is 5.